The minimum atomic E-state index is -1.02. The number of hydrogen-bond donors (Lipinski definition) is 3. The minimum absolute atomic E-state index is 0.147. The fraction of sp³-hybridized carbons (Fsp3) is 0.154. The lowest BCUT2D eigenvalue weighted by molar-refractivity contribution is 0.0698. The lowest BCUT2D eigenvalue weighted by Gasteiger charge is -2.16. The van der Waals surface area contributed by atoms with E-state index in [1.807, 2.05) is 13.0 Å². The van der Waals surface area contributed by atoms with Crippen LogP contribution in [0.1, 0.15) is 29.1 Å². The molecule has 0 bridgehead atoms. The summed E-state index contributed by atoms with van der Waals surface area (Å²) >= 11 is 0. The zero-order valence-electron chi connectivity index (χ0n) is 9.88. The van der Waals surface area contributed by atoms with E-state index in [0.717, 1.165) is 5.76 Å². The first-order valence-corrected chi connectivity index (χ1v) is 5.51. The van der Waals surface area contributed by atoms with Gasteiger partial charge in [0, 0.05) is 0 Å². The first kappa shape index (κ1) is 12.0. The average molecular weight is 246 g/mol. The van der Waals surface area contributed by atoms with Gasteiger partial charge in [-0.25, -0.2) is 4.79 Å². The van der Waals surface area contributed by atoms with Gasteiger partial charge >= 0.3 is 5.97 Å². The van der Waals surface area contributed by atoms with Crippen LogP contribution in [0, 0.1) is 0 Å². The molecule has 4 N–H and O–H groups in total. The summed E-state index contributed by atoms with van der Waals surface area (Å²) in [6.45, 7) is 1.87. The van der Waals surface area contributed by atoms with Gasteiger partial charge in [-0.2, -0.15) is 0 Å². The molecular formula is C13H14N2O3. The topological polar surface area (TPSA) is 88.5 Å². The maximum absolute atomic E-state index is 11.1. The summed E-state index contributed by atoms with van der Waals surface area (Å²) in [7, 11) is 0. The highest BCUT2D eigenvalue weighted by atomic mass is 16.4. The molecule has 1 aromatic carbocycles. The Balaban J connectivity index is 2.31. The summed E-state index contributed by atoms with van der Waals surface area (Å²) in [6.07, 6.45) is 1.57. The Bertz CT molecular complexity index is 549. The molecule has 0 aliphatic carbocycles. The SMILES string of the molecule is CC(Nc1c(N)cccc1C(=O)O)c1ccco1. The zero-order valence-corrected chi connectivity index (χ0v) is 9.88. The van der Waals surface area contributed by atoms with E-state index in [0.29, 0.717) is 11.4 Å². The van der Waals surface area contributed by atoms with E-state index < -0.39 is 5.97 Å². The van der Waals surface area contributed by atoms with Crippen molar-refractivity contribution in [3.63, 3.8) is 0 Å². The number of benzene rings is 1. The van der Waals surface area contributed by atoms with E-state index in [1.165, 1.54) is 6.07 Å². The Morgan fingerprint density at radius 1 is 1.39 bits per heavy atom. The van der Waals surface area contributed by atoms with E-state index >= 15 is 0 Å². The summed E-state index contributed by atoms with van der Waals surface area (Å²) in [5, 5.41) is 12.2. The number of nitrogens with one attached hydrogen (secondary N) is 1. The van der Waals surface area contributed by atoms with Crippen LogP contribution in [-0.2, 0) is 0 Å². The van der Waals surface area contributed by atoms with E-state index in [2.05, 4.69) is 5.32 Å². The van der Waals surface area contributed by atoms with Crippen molar-refractivity contribution < 1.29 is 14.3 Å². The van der Waals surface area contributed by atoms with Gasteiger partial charge in [-0.15, -0.1) is 0 Å². The summed E-state index contributed by atoms with van der Waals surface area (Å²) in [6, 6.07) is 8.21. The third-order valence-corrected chi connectivity index (χ3v) is 2.66. The molecule has 94 valence electrons. The Morgan fingerprint density at radius 3 is 2.78 bits per heavy atom. The first-order chi connectivity index (χ1) is 8.59. The number of nitrogen functional groups attached to an aromatic ring is 1. The van der Waals surface area contributed by atoms with Gasteiger partial charge in [0.15, 0.2) is 0 Å². The van der Waals surface area contributed by atoms with E-state index in [9.17, 15) is 4.79 Å². The quantitative estimate of drug-likeness (QED) is 0.722. The van der Waals surface area contributed by atoms with Crippen LogP contribution in [0.25, 0.3) is 0 Å². The third kappa shape index (κ3) is 2.29. The molecule has 0 amide bonds. The standard InChI is InChI=1S/C13H14N2O3/c1-8(11-6-3-7-18-11)15-12-9(13(16)17)4-2-5-10(12)14/h2-8,15H,14H2,1H3,(H,16,17). The molecule has 5 heteroatoms. The van der Waals surface area contributed by atoms with Crippen LogP contribution < -0.4 is 11.1 Å². The number of aromatic carboxylic acids is 1. The average Bonchev–Trinajstić information content (AvgIpc) is 2.85. The Labute approximate surface area is 104 Å². The fourth-order valence-electron chi connectivity index (χ4n) is 1.73. The first-order valence-electron chi connectivity index (χ1n) is 5.51. The van der Waals surface area contributed by atoms with Crippen molar-refractivity contribution in [3.05, 3.63) is 47.9 Å². The van der Waals surface area contributed by atoms with Crippen LogP contribution in [0.3, 0.4) is 0 Å². The molecule has 1 aromatic heterocycles. The minimum Gasteiger partial charge on any atom is -0.478 e. The number of para-hydroxylation sites is 1. The van der Waals surface area contributed by atoms with Crippen molar-refractivity contribution in [2.24, 2.45) is 0 Å². The molecule has 18 heavy (non-hydrogen) atoms. The van der Waals surface area contributed by atoms with Gasteiger partial charge in [0.2, 0.25) is 0 Å². The number of rotatable bonds is 4. The maximum Gasteiger partial charge on any atom is 0.337 e. The van der Waals surface area contributed by atoms with Gasteiger partial charge < -0.3 is 20.6 Å². The zero-order chi connectivity index (χ0) is 13.1. The highest BCUT2D eigenvalue weighted by molar-refractivity contribution is 5.97. The van der Waals surface area contributed by atoms with Crippen molar-refractivity contribution >= 4 is 17.3 Å². The number of carboxylic acids is 1. The molecule has 2 rings (SSSR count). The van der Waals surface area contributed by atoms with Crippen LogP contribution >= 0.6 is 0 Å². The van der Waals surface area contributed by atoms with Crippen molar-refractivity contribution in [2.45, 2.75) is 13.0 Å². The van der Waals surface area contributed by atoms with E-state index in [-0.39, 0.29) is 11.6 Å². The predicted molar refractivity (Wildman–Crippen MR) is 68.6 cm³/mol. The maximum atomic E-state index is 11.1. The van der Waals surface area contributed by atoms with Gasteiger partial charge in [0.05, 0.1) is 29.2 Å². The second-order valence-corrected chi connectivity index (χ2v) is 3.96. The van der Waals surface area contributed by atoms with Crippen LogP contribution in [0.2, 0.25) is 0 Å². The number of carbonyl (C=O) groups is 1. The molecule has 0 saturated carbocycles. The van der Waals surface area contributed by atoms with Gasteiger partial charge in [-0.3, -0.25) is 0 Å². The lowest BCUT2D eigenvalue weighted by Crippen LogP contribution is -2.12. The van der Waals surface area contributed by atoms with Crippen molar-refractivity contribution in [1.82, 2.24) is 0 Å². The van der Waals surface area contributed by atoms with Crippen LogP contribution in [0.4, 0.5) is 11.4 Å². The molecular weight excluding hydrogens is 232 g/mol. The second kappa shape index (κ2) is 4.83. The van der Waals surface area contributed by atoms with Gasteiger partial charge in [-0.1, -0.05) is 6.07 Å². The van der Waals surface area contributed by atoms with Crippen molar-refractivity contribution in [2.75, 3.05) is 11.1 Å². The van der Waals surface area contributed by atoms with Crippen LogP contribution in [0.5, 0.6) is 0 Å². The molecule has 0 fully saturated rings. The van der Waals surface area contributed by atoms with E-state index in [4.69, 9.17) is 15.3 Å². The molecule has 0 radical (unpaired) electrons. The lowest BCUT2D eigenvalue weighted by atomic mass is 10.1. The number of anilines is 2. The van der Waals surface area contributed by atoms with Crippen molar-refractivity contribution in [1.29, 1.82) is 0 Å². The number of hydrogen-bond acceptors (Lipinski definition) is 4. The molecule has 1 unspecified atom stereocenters. The highest BCUT2D eigenvalue weighted by Gasteiger charge is 2.16. The Morgan fingerprint density at radius 2 is 2.17 bits per heavy atom. The molecule has 0 spiro atoms. The van der Waals surface area contributed by atoms with Gasteiger partial charge in [0.1, 0.15) is 5.76 Å². The number of furan rings is 1. The van der Waals surface area contributed by atoms with Crippen molar-refractivity contribution in [3.8, 4) is 0 Å². The highest BCUT2D eigenvalue weighted by Crippen LogP contribution is 2.28. The Kier molecular flexibility index (Phi) is 3.23. The number of nitrogens with two attached hydrogens (primary N) is 1. The summed E-state index contributed by atoms with van der Waals surface area (Å²) in [5.74, 6) is -0.300. The fourth-order valence-corrected chi connectivity index (χ4v) is 1.73. The molecule has 1 atom stereocenters. The summed E-state index contributed by atoms with van der Waals surface area (Å²) in [5.41, 5.74) is 6.76. The predicted octanol–water partition coefficient (Wildman–Crippen LogP) is 2.73. The molecule has 0 aliphatic heterocycles. The van der Waals surface area contributed by atoms with Gasteiger partial charge in [0.25, 0.3) is 0 Å². The Hall–Kier alpha value is -2.43. The third-order valence-electron chi connectivity index (χ3n) is 2.66. The number of carboxylic acid groups (broad SMARTS) is 1. The molecule has 1 heterocycles. The second-order valence-electron chi connectivity index (χ2n) is 3.96. The normalized spacial score (nSPS) is 12.1. The van der Waals surface area contributed by atoms with E-state index in [1.54, 1.807) is 24.5 Å². The van der Waals surface area contributed by atoms with Crippen LogP contribution in [-0.4, -0.2) is 11.1 Å². The largest absolute Gasteiger partial charge is 0.478 e. The smallest absolute Gasteiger partial charge is 0.337 e. The molecule has 0 aliphatic rings. The summed E-state index contributed by atoms with van der Waals surface area (Å²) < 4.78 is 5.26. The van der Waals surface area contributed by atoms with Gasteiger partial charge in [-0.05, 0) is 31.2 Å². The molecule has 5 nitrogen and oxygen atoms in total. The molecule has 2 aromatic rings. The summed E-state index contributed by atoms with van der Waals surface area (Å²) in [4.78, 5) is 11.1. The van der Waals surface area contributed by atoms with Crippen LogP contribution in [0.15, 0.2) is 41.0 Å². The monoisotopic (exact) mass is 246 g/mol. The molecule has 0 saturated heterocycles.